The second-order valence-electron chi connectivity index (χ2n) is 6.41. The molecule has 0 saturated carbocycles. The molecule has 1 aliphatic rings. The van der Waals surface area contributed by atoms with E-state index in [2.05, 4.69) is 28.4 Å². The molecule has 0 spiro atoms. The Morgan fingerprint density at radius 2 is 1.65 bits per heavy atom. The molecule has 1 saturated heterocycles. The van der Waals surface area contributed by atoms with E-state index in [0.29, 0.717) is 6.54 Å². The first-order valence-corrected chi connectivity index (χ1v) is 8.61. The van der Waals surface area contributed by atoms with Gasteiger partial charge < -0.3 is 11.1 Å². The summed E-state index contributed by atoms with van der Waals surface area (Å²) in [7, 11) is 0. The molecule has 0 aliphatic carbocycles. The third-order valence-corrected chi connectivity index (χ3v) is 4.50. The summed E-state index contributed by atoms with van der Waals surface area (Å²) in [6, 6.07) is 17.3. The van der Waals surface area contributed by atoms with Crippen LogP contribution in [0.2, 0.25) is 0 Å². The topological polar surface area (TPSA) is 58.4 Å². The van der Waals surface area contributed by atoms with Crippen LogP contribution in [0.15, 0.2) is 54.6 Å². The Morgan fingerprint density at radius 1 is 1.00 bits per heavy atom. The Bertz CT molecular complexity index is 676. The monoisotopic (exact) mass is 395 g/mol. The third-order valence-electron chi connectivity index (χ3n) is 4.50. The van der Waals surface area contributed by atoms with E-state index in [1.54, 1.807) is 0 Å². The molecule has 1 fully saturated rings. The van der Waals surface area contributed by atoms with Crippen molar-refractivity contribution in [2.24, 2.45) is 5.73 Å². The lowest BCUT2D eigenvalue weighted by molar-refractivity contribution is -0.122. The smallest absolute Gasteiger partial charge is 0.241 e. The van der Waals surface area contributed by atoms with Gasteiger partial charge in [0.05, 0.1) is 0 Å². The molecule has 1 aliphatic heterocycles. The summed E-state index contributed by atoms with van der Waals surface area (Å²) in [5, 5.41) is 2.94. The van der Waals surface area contributed by atoms with Crippen molar-refractivity contribution in [3.05, 3.63) is 71.3 Å². The van der Waals surface area contributed by atoms with Crippen molar-refractivity contribution in [3.63, 3.8) is 0 Å². The van der Waals surface area contributed by atoms with E-state index in [1.807, 2.05) is 36.4 Å². The maximum Gasteiger partial charge on any atom is 0.241 e. The van der Waals surface area contributed by atoms with E-state index in [-0.39, 0.29) is 30.7 Å². The molecule has 1 unspecified atom stereocenters. The molecule has 26 heavy (non-hydrogen) atoms. The molecule has 6 heteroatoms. The van der Waals surface area contributed by atoms with Gasteiger partial charge in [-0.1, -0.05) is 54.6 Å². The number of benzene rings is 2. The summed E-state index contributed by atoms with van der Waals surface area (Å²) in [4.78, 5) is 14.7. The van der Waals surface area contributed by atoms with Crippen LogP contribution in [0, 0.1) is 0 Å². The van der Waals surface area contributed by atoms with E-state index >= 15 is 0 Å². The predicted octanol–water partition coefficient (Wildman–Crippen LogP) is 3.44. The predicted molar refractivity (Wildman–Crippen MR) is 111 cm³/mol. The molecule has 3 N–H and O–H groups in total. The highest BCUT2D eigenvalue weighted by Crippen LogP contribution is 2.14. The molecule has 1 amide bonds. The average molecular weight is 396 g/mol. The highest BCUT2D eigenvalue weighted by atomic mass is 35.5. The average Bonchev–Trinajstić information content (AvgIpc) is 3.13. The fourth-order valence-corrected chi connectivity index (χ4v) is 3.15. The highest BCUT2D eigenvalue weighted by Gasteiger charge is 2.15. The summed E-state index contributed by atoms with van der Waals surface area (Å²) in [5.41, 5.74) is 9.27. The first-order valence-electron chi connectivity index (χ1n) is 8.61. The summed E-state index contributed by atoms with van der Waals surface area (Å²) in [6.07, 6.45) is 2.60. The minimum absolute atomic E-state index is 0. The zero-order valence-corrected chi connectivity index (χ0v) is 16.4. The summed E-state index contributed by atoms with van der Waals surface area (Å²) in [5.74, 6) is -0.147. The first kappa shape index (κ1) is 22.5. The highest BCUT2D eigenvalue weighted by molar-refractivity contribution is 5.85. The number of nitrogens with two attached hydrogens (primary N) is 1. The normalized spacial score (nSPS) is 14.8. The molecule has 3 rings (SSSR count). The van der Waals surface area contributed by atoms with Crippen molar-refractivity contribution < 1.29 is 4.79 Å². The minimum Gasteiger partial charge on any atom is -0.350 e. The van der Waals surface area contributed by atoms with Crippen LogP contribution >= 0.6 is 24.8 Å². The van der Waals surface area contributed by atoms with Gasteiger partial charge in [0.1, 0.15) is 6.04 Å². The SMILES string of the molecule is Cl.Cl.NC(C(=O)NCc1cccc(CN2CCCC2)c1)c1ccccc1. The van der Waals surface area contributed by atoms with E-state index < -0.39 is 6.04 Å². The van der Waals surface area contributed by atoms with Gasteiger partial charge in [0, 0.05) is 13.1 Å². The Morgan fingerprint density at radius 3 is 2.35 bits per heavy atom. The van der Waals surface area contributed by atoms with Crippen molar-refractivity contribution >= 4 is 30.7 Å². The second kappa shape index (κ2) is 11.2. The van der Waals surface area contributed by atoms with Crippen molar-refractivity contribution in [3.8, 4) is 0 Å². The number of nitrogens with one attached hydrogen (secondary N) is 1. The van der Waals surface area contributed by atoms with Crippen molar-refractivity contribution in [2.45, 2.75) is 32.0 Å². The molecular weight excluding hydrogens is 369 g/mol. The van der Waals surface area contributed by atoms with Crippen molar-refractivity contribution in [1.82, 2.24) is 10.2 Å². The summed E-state index contributed by atoms with van der Waals surface area (Å²) >= 11 is 0. The van der Waals surface area contributed by atoms with Crippen LogP contribution < -0.4 is 11.1 Å². The number of carbonyl (C=O) groups is 1. The van der Waals surface area contributed by atoms with Crippen molar-refractivity contribution in [1.29, 1.82) is 0 Å². The molecule has 0 bridgehead atoms. The van der Waals surface area contributed by atoms with Crippen LogP contribution in [0.4, 0.5) is 0 Å². The molecular formula is C20H27Cl2N3O. The van der Waals surface area contributed by atoms with Gasteiger partial charge in [0.2, 0.25) is 5.91 Å². The second-order valence-corrected chi connectivity index (χ2v) is 6.41. The maximum atomic E-state index is 12.2. The Hall–Kier alpha value is -1.59. The molecule has 0 aromatic heterocycles. The number of rotatable bonds is 6. The molecule has 2 aromatic carbocycles. The fraction of sp³-hybridized carbons (Fsp3) is 0.350. The van der Waals surface area contributed by atoms with Gasteiger partial charge in [-0.15, -0.1) is 24.8 Å². The maximum absolute atomic E-state index is 12.2. The van der Waals surface area contributed by atoms with Crippen LogP contribution in [-0.4, -0.2) is 23.9 Å². The lowest BCUT2D eigenvalue weighted by Gasteiger charge is -2.16. The van der Waals surface area contributed by atoms with E-state index in [1.165, 1.54) is 31.5 Å². The van der Waals surface area contributed by atoms with Gasteiger partial charge in [-0.3, -0.25) is 9.69 Å². The number of nitrogens with zero attached hydrogens (tertiary/aromatic N) is 1. The van der Waals surface area contributed by atoms with Gasteiger partial charge in [-0.05, 0) is 42.6 Å². The van der Waals surface area contributed by atoms with Crippen LogP contribution in [0.1, 0.15) is 35.6 Å². The zero-order valence-electron chi connectivity index (χ0n) is 14.8. The molecule has 0 radical (unpaired) electrons. The van der Waals surface area contributed by atoms with Gasteiger partial charge >= 0.3 is 0 Å². The van der Waals surface area contributed by atoms with Gasteiger partial charge in [0.25, 0.3) is 0 Å². The molecule has 2 aromatic rings. The van der Waals surface area contributed by atoms with E-state index in [9.17, 15) is 4.79 Å². The minimum atomic E-state index is -0.626. The lowest BCUT2D eigenvalue weighted by Crippen LogP contribution is -2.33. The number of hydrogen-bond acceptors (Lipinski definition) is 3. The standard InChI is InChI=1S/C20H25N3O.2ClH/c21-19(18-9-2-1-3-10-18)20(24)22-14-16-7-6-8-17(13-16)15-23-11-4-5-12-23;;/h1-3,6-10,13,19H,4-5,11-12,14-15,21H2,(H,22,24);2*1H. The van der Waals surface area contributed by atoms with Gasteiger partial charge in [0.15, 0.2) is 0 Å². The summed E-state index contributed by atoms with van der Waals surface area (Å²) < 4.78 is 0. The zero-order chi connectivity index (χ0) is 16.8. The van der Waals surface area contributed by atoms with E-state index in [0.717, 1.165) is 17.7 Å². The number of carbonyl (C=O) groups excluding carboxylic acids is 1. The summed E-state index contributed by atoms with van der Waals surface area (Å²) in [6.45, 7) is 3.87. The van der Waals surface area contributed by atoms with Crippen LogP contribution in [-0.2, 0) is 17.9 Å². The quantitative estimate of drug-likeness (QED) is 0.787. The Kier molecular flexibility index (Phi) is 9.66. The van der Waals surface area contributed by atoms with Gasteiger partial charge in [-0.2, -0.15) is 0 Å². The van der Waals surface area contributed by atoms with Crippen LogP contribution in [0.3, 0.4) is 0 Å². The molecule has 1 heterocycles. The molecule has 4 nitrogen and oxygen atoms in total. The van der Waals surface area contributed by atoms with Crippen LogP contribution in [0.25, 0.3) is 0 Å². The molecule has 142 valence electrons. The van der Waals surface area contributed by atoms with Gasteiger partial charge in [-0.25, -0.2) is 0 Å². The largest absolute Gasteiger partial charge is 0.350 e. The van der Waals surface area contributed by atoms with E-state index in [4.69, 9.17) is 5.73 Å². The lowest BCUT2D eigenvalue weighted by atomic mass is 10.1. The number of likely N-dealkylation sites (tertiary alicyclic amines) is 1. The number of halogens is 2. The Balaban J connectivity index is 0.00000169. The number of amides is 1. The van der Waals surface area contributed by atoms with Crippen LogP contribution in [0.5, 0.6) is 0 Å². The fourth-order valence-electron chi connectivity index (χ4n) is 3.15. The van der Waals surface area contributed by atoms with Crippen molar-refractivity contribution in [2.75, 3.05) is 13.1 Å². The molecule has 1 atom stereocenters. The third kappa shape index (κ3) is 6.29. The first-order chi connectivity index (χ1) is 11.7. The number of hydrogen-bond donors (Lipinski definition) is 2. The Labute approximate surface area is 168 Å².